The molecule has 0 saturated heterocycles. The van der Waals surface area contributed by atoms with Crippen LogP contribution in [0.2, 0.25) is 0 Å². The van der Waals surface area contributed by atoms with Crippen molar-refractivity contribution in [2.24, 2.45) is 5.41 Å². The monoisotopic (exact) mass is 251 g/mol. The smallest absolute Gasteiger partial charge is 0.309 e. The number of aliphatic carboxylic acids is 1. The van der Waals surface area contributed by atoms with Crippen LogP contribution in [0.1, 0.15) is 32.3 Å². The Morgan fingerprint density at radius 3 is 2.78 bits per heavy atom. The lowest BCUT2D eigenvalue weighted by Gasteiger charge is -2.28. The first-order chi connectivity index (χ1) is 8.39. The van der Waals surface area contributed by atoms with Gasteiger partial charge in [-0.3, -0.25) is 4.79 Å². The molecule has 2 rings (SSSR count). The van der Waals surface area contributed by atoms with E-state index in [9.17, 15) is 14.3 Å². The molecule has 1 aromatic rings. The predicted octanol–water partition coefficient (Wildman–Crippen LogP) is 2.86. The third kappa shape index (κ3) is 1.76. The maximum Gasteiger partial charge on any atom is 0.309 e. The summed E-state index contributed by atoms with van der Waals surface area (Å²) >= 11 is 0. The Kier molecular flexibility index (Phi) is 3.05. The molecule has 1 heterocycles. The molecule has 1 aliphatic heterocycles. The fraction of sp³-hybridized carbons (Fsp3) is 0.500. The quantitative estimate of drug-likeness (QED) is 0.898. The highest BCUT2D eigenvalue weighted by molar-refractivity contribution is 5.77. The third-order valence-electron chi connectivity index (χ3n) is 3.93. The Hall–Kier alpha value is -1.58. The number of halogens is 1. The first-order valence-electron chi connectivity index (χ1n) is 6.16. The highest BCUT2D eigenvalue weighted by Gasteiger charge is 2.44. The Bertz CT molecular complexity index is 485. The van der Waals surface area contributed by atoms with Gasteiger partial charge in [-0.2, -0.15) is 0 Å². The molecular weight excluding hydrogens is 233 g/mol. The number of benzene rings is 1. The van der Waals surface area contributed by atoms with Crippen molar-refractivity contribution in [2.45, 2.75) is 26.7 Å². The minimum atomic E-state index is -0.971. The molecule has 0 saturated carbocycles. The second-order valence-corrected chi connectivity index (χ2v) is 5.29. The number of carbonyl (C=O) groups is 1. The Labute approximate surface area is 106 Å². The number of hydrogen-bond acceptors (Lipinski definition) is 2. The average Bonchev–Trinajstić information content (AvgIpc) is 2.69. The minimum Gasteiger partial charge on any atom is -0.481 e. The molecule has 0 aromatic heterocycles. The lowest BCUT2D eigenvalue weighted by molar-refractivity contribution is -0.148. The minimum absolute atomic E-state index is 0.303. The van der Waals surface area contributed by atoms with Gasteiger partial charge < -0.3 is 10.0 Å². The van der Waals surface area contributed by atoms with Gasteiger partial charge >= 0.3 is 5.97 Å². The van der Waals surface area contributed by atoms with Crippen LogP contribution in [-0.4, -0.2) is 24.2 Å². The summed E-state index contributed by atoms with van der Waals surface area (Å²) in [4.78, 5) is 13.4. The zero-order valence-corrected chi connectivity index (χ0v) is 10.9. The second-order valence-electron chi connectivity index (χ2n) is 5.29. The summed E-state index contributed by atoms with van der Waals surface area (Å²) in [7, 11) is 0. The van der Waals surface area contributed by atoms with Gasteiger partial charge in [-0.25, -0.2) is 4.39 Å². The Morgan fingerprint density at radius 2 is 2.22 bits per heavy atom. The third-order valence-corrected chi connectivity index (χ3v) is 3.93. The van der Waals surface area contributed by atoms with Crippen LogP contribution in [0.3, 0.4) is 0 Å². The van der Waals surface area contributed by atoms with Gasteiger partial charge in [0.1, 0.15) is 5.82 Å². The van der Waals surface area contributed by atoms with Gasteiger partial charge in [0.05, 0.1) is 5.41 Å². The van der Waals surface area contributed by atoms with Crippen molar-refractivity contribution in [3.63, 3.8) is 0 Å². The fourth-order valence-corrected chi connectivity index (χ4v) is 2.59. The molecule has 4 heteroatoms. The average molecular weight is 251 g/mol. The van der Waals surface area contributed by atoms with Gasteiger partial charge in [0.2, 0.25) is 0 Å². The van der Waals surface area contributed by atoms with Crippen LogP contribution in [0.4, 0.5) is 10.1 Å². The molecule has 1 unspecified atom stereocenters. The number of carboxylic acids is 1. The van der Waals surface area contributed by atoms with Crippen LogP contribution in [0, 0.1) is 11.2 Å². The van der Waals surface area contributed by atoms with Gasteiger partial charge in [-0.15, -0.1) is 0 Å². The topological polar surface area (TPSA) is 40.5 Å². The number of fused-ring (bicyclic) bond motifs is 1. The van der Waals surface area contributed by atoms with Crippen molar-refractivity contribution >= 4 is 11.7 Å². The van der Waals surface area contributed by atoms with Gasteiger partial charge in [-0.05, 0) is 32.9 Å². The van der Waals surface area contributed by atoms with E-state index in [1.807, 2.05) is 17.9 Å². The molecule has 0 spiro atoms. The lowest BCUT2D eigenvalue weighted by Crippen LogP contribution is -2.34. The summed E-state index contributed by atoms with van der Waals surface area (Å²) in [6.07, 6.45) is 0. The number of rotatable bonds is 3. The van der Waals surface area contributed by atoms with Crippen molar-refractivity contribution in [2.75, 3.05) is 18.0 Å². The molecule has 0 bridgehead atoms. The largest absolute Gasteiger partial charge is 0.481 e. The summed E-state index contributed by atoms with van der Waals surface area (Å²) in [5.74, 6) is -1.51. The first-order valence-corrected chi connectivity index (χ1v) is 6.16. The summed E-state index contributed by atoms with van der Waals surface area (Å²) in [6.45, 7) is 6.63. The van der Waals surface area contributed by atoms with Crippen molar-refractivity contribution in [3.05, 3.63) is 29.6 Å². The van der Waals surface area contributed by atoms with E-state index in [4.69, 9.17) is 0 Å². The van der Waals surface area contributed by atoms with Gasteiger partial charge in [0.25, 0.3) is 0 Å². The number of hydrogen-bond donors (Lipinski definition) is 1. The number of nitrogens with zero attached hydrogens (tertiary/aromatic N) is 1. The van der Waals surface area contributed by atoms with Crippen LogP contribution in [0.5, 0.6) is 0 Å². The Balaban J connectivity index is 2.53. The maximum atomic E-state index is 14.0. The molecule has 0 amide bonds. The van der Waals surface area contributed by atoms with E-state index >= 15 is 0 Å². The van der Waals surface area contributed by atoms with E-state index < -0.39 is 11.4 Å². The fourth-order valence-electron chi connectivity index (χ4n) is 2.59. The zero-order valence-electron chi connectivity index (χ0n) is 10.9. The molecule has 3 nitrogen and oxygen atoms in total. The number of likely N-dealkylation sites (N-methyl/N-ethyl adjacent to an activating group) is 1. The summed E-state index contributed by atoms with van der Waals surface area (Å²) in [6, 6.07) is 4.94. The predicted molar refractivity (Wildman–Crippen MR) is 68.4 cm³/mol. The Morgan fingerprint density at radius 1 is 1.56 bits per heavy atom. The molecule has 1 aliphatic rings. The van der Waals surface area contributed by atoms with E-state index in [1.165, 1.54) is 6.07 Å². The highest BCUT2D eigenvalue weighted by Crippen LogP contribution is 2.46. The molecule has 0 radical (unpaired) electrons. The van der Waals surface area contributed by atoms with E-state index in [0.717, 1.165) is 12.2 Å². The van der Waals surface area contributed by atoms with Gasteiger partial charge in [0.15, 0.2) is 0 Å². The molecule has 1 aromatic carbocycles. The van der Waals surface area contributed by atoms with Crippen molar-refractivity contribution < 1.29 is 14.3 Å². The van der Waals surface area contributed by atoms with Gasteiger partial charge in [0, 0.05) is 30.3 Å². The summed E-state index contributed by atoms with van der Waals surface area (Å²) < 4.78 is 14.0. The van der Waals surface area contributed by atoms with E-state index in [0.29, 0.717) is 12.1 Å². The van der Waals surface area contributed by atoms with Crippen LogP contribution >= 0.6 is 0 Å². The molecule has 98 valence electrons. The number of carboxylic acid groups (broad SMARTS) is 1. The SMILES string of the molecule is CCN1CC(C(C)(C)C(=O)O)c2c(F)cccc21. The molecule has 0 fully saturated rings. The van der Waals surface area contributed by atoms with Crippen LogP contribution in [-0.2, 0) is 4.79 Å². The molecule has 18 heavy (non-hydrogen) atoms. The zero-order chi connectivity index (χ0) is 13.5. The van der Waals surface area contributed by atoms with Crippen molar-refractivity contribution in [1.82, 2.24) is 0 Å². The van der Waals surface area contributed by atoms with Gasteiger partial charge in [-0.1, -0.05) is 6.07 Å². The number of anilines is 1. The molecule has 1 atom stereocenters. The molecule has 0 aliphatic carbocycles. The van der Waals surface area contributed by atoms with Crippen LogP contribution in [0.15, 0.2) is 18.2 Å². The normalized spacial score (nSPS) is 18.9. The van der Waals surface area contributed by atoms with Crippen molar-refractivity contribution in [1.29, 1.82) is 0 Å². The first kappa shape index (κ1) is 12.9. The van der Waals surface area contributed by atoms with Crippen molar-refractivity contribution in [3.8, 4) is 0 Å². The highest BCUT2D eigenvalue weighted by atomic mass is 19.1. The summed E-state index contributed by atoms with van der Waals surface area (Å²) in [5.41, 5.74) is 0.407. The van der Waals surface area contributed by atoms with E-state index in [2.05, 4.69) is 0 Å². The lowest BCUT2D eigenvalue weighted by atomic mass is 9.76. The molecule has 1 N–H and O–H groups in total. The van der Waals surface area contributed by atoms with Crippen LogP contribution in [0.25, 0.3) is 0 Å². The van der Waals surface area contributed by atoms with E-state index in [-0.39, 0.29) is 11.7 Å². The standard InChI is InChI=1S/C14H18FNO2/c1-4-16-8-9(14(2,3)13(17)18)12-10(15)6-5-7-11(12)16/h5-7,9H,4,8H2,1-3H3,(H,17,18). The second kappa shape index (κ2) is 4.26. The van der Waals surface area contributed by atoms with Crippen LogP contribution < -0.4 is 4.90 Å². The summed E-state index contributed by atoms with van der Waals surface area (Å²) in [5, 5.41) is 9.34. The maximum absolute atomic E-state index is 14.0. The molecular formula is C14H18FNO2. The van der Waals surface area contributed by atoms with E-state index in [1.54, 1.807) is 19.9 Å².